The minimum absolute atomic E-state index is 0.188. The standard InChI is InChI=1S/C15H24N4O3/c1-15(2,3)22-13(20)11-6-5-7-12(11)18-14(21)17-10-8-16-19(4)9-10/h8-9,11-12H,5-7H2,1-4H3,(H2,17,18,21)/t11-,12+/m0/s1. The van der Waals surface area contributed by atoms with E-state index in [4.69, 9.17) is 4.74 Å². The average Bonchev–Trinajstić information content (AvgIpc) is 2.96. The SMILES string of the molecule is Cn1cc(NC(=O)N[C@@H]2CCC[C@@H]2C(=O)OC(C)(C)C)cn1. The van der Waals surface area contributed by atoms with E-state index in [0.29, 0.717) is 5.69 Å². The van der Waals surface area contributed by atoms with Crippen LogP contribution < -0.4 is 10.6 Å². The molecule has 122 valence electrons. The first kappa shape index (κ1) is 16.3. The van der Waals surface area contributed by atoms with Crippen molar-refractivity contribution in [3.63, 3.8) is 0 Å². The Kier molecular flexibility index (Phi) is 4.73. The van der Waals surface area contributed by atoms with Gasteiger partial charge < -0.3 is 15.4 Å². The summed E-state index contributed by atoms with van der Waals surface area (Å²) in [5, 5.41) is 9.56. The Morgan fingerprint density at radius 1 is 1.36 bits per heavy atom. The average molecular weight is 308 g/mol. The second-order valence-corrected chi connectivity index (χ2v) is 6.68. The molecule has 2 amide bonds. The molecule has 0 unspecified atom stereocenters. The number of nitrogens with one attached hydrogen (secondary N) is 2. The molecule has 1 aromatic rings. The van der Waals surface area contributed by atoms with Crippen LogP contribution in [0.4, 0.5) is 10.5 Å². The second-order valence-electron chi connectivity index (χ2n) is 6.68. The van der Waals surface area contributed by atoms with Gasteiger partial charge in [-0.25, -0.2) is 4.79 Å². The predicted molar refractivity (Wildman–Crippen MR) is 82.3 cm³/mol. The number of ether oxygens (including phenoxy) is 1. The van der Waals surface area contributed by atoms with Gasteiger partial charge in [-0.3, -0.25) is 9.48 Å². The highest BCUT2D eigenvalue weighted by Crippen LogP contribution is 2.28. The lowest BCUT2D eigenvalue weighted by Gasteiger charge is -2.25. The molecule has 1 aromatic heterocycles. The van der Waals surface area contributed by atoms with Gasteiger partial charge in [0.25, 0.3) is 0 Å². The summed E-state index contributed by atoms with van der Waals surface area (Å²) in [5.41, 5.74) is 0.106. The summed E-state index contributed by atoms with van der Waals surface area (Å²) < 4.78 is 7.04. The minimum atomic E-state index is -0.512. The lowest BCUT2D eigenvalue weighted by Crippen LogP contribution is -2.43. The van der Waals surface area contributed by atoms with Crippen LogP contribution in [0.1, 0.15) is 40.0 Å². The van der Waals surface area contributed by atoms with Crippen LogP contribution >= 0.6 is 0 Å². The predicted octanol–water partition coefficient (Wildman–Crippen LogP) is 2.05. The highest BCUT2D eigenvalue weighted by Gasteiger charge is 2.36. The van der Waals surface area contributed by atoms with Crippen LogP contribution in [0.15, 0.2) is 12.4 Å². The monoisotopic (exact) mass is 308 g/mol. The highest BCUT2D eigenvalue weighted by atomic mass is 16.6. The Bertz CT molecular complexity index is 547. The van der Waals surface area contributed by atoms with Crippen molar-refractivity contribution < 1.29 is 14.3 Å². The van der Waals surface area contributed by atoms with Crippen molar-refractivity contribution in [2.24, 2.45) is 13.0 Å². The molecule has 2 N–H and O–H groups in total. The maximum atomic E-state index is 12.2. The molecule has 0 spiro atoms. The molecular formula is C15H24N4O3. The number of rotatable bonds is 3. The summed E-state index contributed by atoms with van der Waals surface area (Å²) in [5.74, 6) is -0.518. The Hall–Kier alpha value is -2.05. The Morgan fingerprint density at radius 2 is 2.09 bits per heavy atom. The lowest BCUT2D eigenvalue weighted by atomic mass is 10.0. The molecule has 7 heteroatoms. The number of esters is 1. The number of anilines is 1. The first-order chi connectivity index (χ1) is 10.2. The third kappa shape index (κ3) is 4.47. The summed E-state index contributed by atoms with van der Waals surface area (Å²) in [7, 11) is 1.78. The topological polar surface area (TPSA) is 85.2 Å². The van der Waals surface area contributed by atoms with E-state index >= 15 is 0 Å². The molecule has 2 rings (SSSR count). The molecule has 2 atom stereocenters. The number of carbonyl (C=O) groups is 2. The normalized spacial score (nSPS) is 21.5. The molecule has 0 aromatic carbocycles. The van der Waals surface area contributed by atoms with Crippen LogP contribution in [0.25, 0.3) is 0 Å². The van der Waals surface area contributed by atoms with Gasteiger partial charge in [0.1, 0.15) is 5.60 Å². The van der Waals surface area contributed by atoms with E-state index in [0.717, 1.165) is 19.3 Å². The number of urea groups is 1. The Balaban J connectivity index is 1.90. The Morgan fingerprint density at radius 3 is 2.68 bits per heavy atom. The number of amides is 2. The van der Waals surface area contributed by atoms with E-state index < -0.39 is 5.60 Å². The van der Waals surface area contributed by atoms with Crippen LogP contribution in [0.3, 0.4) is 0 Å². The number of carbonyl (C=O) groups excluding carboxylic acids is 2. The van der Waals surface area contributed by atoms with Crippen molar-refractivity contribution >= 4 is 17.7 Å². The summed E-state index contributed by atoms with van der Waals surface area (Å²) in [6, 6.07) is -0.514. The van der Waals surface area contributed by atoms with Crippen molar-refractivity contribution in [1.29, 1.82) is 0 Å². The van der Waals surface area contributed by atoms with E-state index in [1.165, 1.54) is 0 Å². The van der Waals surface area contributed by atoms with Crippen molar-refractivity contribution in [2.45, 2.75) is 51.7 Å². The number of aryl methyl sites for hydroxylation is 1. The zero-order chi connectivity index (χ0) is 16.3. The van der Waals surface area contributed by atoms with Crippen molar-refractivity contribution in [1.82, 2.24) is 15.1 Å². The maximum absolute atomic E-state index is 12.2. The second kappa shape index (κ2) is 6.37. The molecule has 1 aliphatic carbocycles. The van der Waals surface area contributed by atoms with E-state index in [9.17, 15) is 9.59 Å². The lowest BCUT2D eigenvalue weighted by molar-refractivity contribution is -0.160. The van der Waals surface area contributed by atoms with Crippen LogP contribution in [0.5, 0.6) is 0 Å². The first-order valence-electron chi connectivity index (χ1n) is 7.53. The quantitative estimate of drug-likeness (QED) is 0.837. The first-order valence-corrected chi connectivity index (χ1v) is 7.53. The van der Waals surface area contributed by atoms with Crippen molar-refractivity contribution in [2.75, 3.05) is 5.32 Å². The molecule has 0 bridgehead atoms. The zero-order valence-electron chi connectivity index (χ0n) is 13.5. The highest BCUT2D eigenvalue weighted by molar-refractivity contribution is 5.89. The van der Waals surface area contributed by atoms with Gasteiger partial charge in [-0.15, -0.1) is 0 Å². The maximum Gasteiger partial charge on any atom is 0.319 e. The van der Waals surface area contributed by atoms with Gasteiger partial charge in [0.2, 0.25) is 0 Å². The molecule has 0 saturated heterocycles. The molecule has 1 fully saturated rings. The molecule has 1 aliphatic rings. The van der Waals surface area contributed by atoms with Gasteiger partial charge in [0, 0.05) is 19.3 Å². The minimum Gasteiger partial charge on any atom is -0.460 e. The van der Waals surface area contributed by atoms with Crippen molar-refractivity contribution in [3.8, 4) is 0 Å². The van der Waals surface area contributed by atoms with Gasteiger partial charge in [0.05, 0.1) is 17.8 Å². The zero-order valence-corrected chi connectivity index (χ0v) is 13.5. The molecule has 7 nitrogen and oxygen atoms in total. The van der Waals surface area contributed by atoms with Gasteiger partial charge in [-0.2, -0.15) is 5.10 Å². The van der Waals surface area contributed by atoms with Crippen molar-refractivity contribution in [3.05, 3.63) is 12.4 Å². The largest absolute Gasteiger partial charge is 0.460 e. The van der Waals surface area contributed by atoms with E-state index in [-0.39, 0.29) is 24.0 Å². The van der Waals surface area contributed by atoms with E-state index in [1.54, 1.807) is 24.1 Å². The number of nitrogens with zero attached hydrogens (tertiary/aromatic N) is 2. The summed E-state index contributed by atoms with van der Waals surface area (Å²) in [6.07, 6.45) is 5.71. The summed E-state index contributed by atoms with van der Waals surface area (Å²) in [6.45, 7) is 5.53. The molecule has 0 aliphatic heterocycles. The van der Waals surface area contributed by atoms with E-state index in [1.807, 2.05) is 20.8 Å². The molecule has 1 saturated carbocycles. The smallest absolute Gasteiger partial charge is 0.319 e. The number of hydrogen-bond donors (Lipinski definition) is 2. The summed E-state index contributed by atoms with van der Waals surface area (Å²) >= 11 is 0. The van der Waals surface area contributed by atoms with Crippen LogP contribution in [0.2, 0.25) is 0 Å². The number of hydrogen-bond acceptors (Lipinski definition) is 4. The molecule has 1 heterocycles. The summed E-state index contributed by atoms with van der Waals surface area (Å²) in [4.78, 5) is 24.2. The fraction of sp³-hybridized carbons (Fsp3) is 0.667. The van der Waals surface area contributed by atoms with E-state index in [2.05, 4.69) is 15.7 Å². The van der Waals surface area contributed by atoms with Gasteiger partial charge >= 0.3 is 12.0 Å². The fourth-order valence-electron chi connectivity index (χ4n) is 2.61. The Labute approximate surface area is 130 Å². The molecular weight excluding hydrogens is 284 g/mol. The number of aromatic nitrogens is 2. The third-order valence-corrected chi connectivity index (χ3v) is 3.50. The van der Waals surface area contributed by atoms with Gasteiger partial charge in [-0.05, 0) is 33.6 Å². The van der Waals surface area contributed by atoms with Gasteiger partial charge in [-0.1, -0.05) is 6.42 Å². The third-order valence-electron chi connectivity index (χ3n) is 3.50. The van der Waals surface area contributed by atoms with Crippen LogP contribution in [-0.2, 0) is 16.6 Å². The van der Waals surface area contributed by atoms with Crippen LogP contribution in [0, 0.1) is 5.92 Å². The van der Waals surface area contributed by atoms with Crippen LogP contribution in [-0.4, -0.2) is 33.4 Å². The van der Waals surface area contributed by atoms with Gasteiger partial charge in [0.15, 0.2) is 0 Å². The molecule has 0 radical (unpaired) electrons. The fourth-order valence-corrected chi connectivity index (χ4v) is 2.61. The molecule has 22 heavy (non-hydrogen) atoms.